The van der Waals surface area contributed by atoms with Gasteiger partial charge >= 0.3 is 11.9 Å². The third-order valence-corrected chi connectivity index (χ3v) is 15.4. The third kappa shape index (κ3) is 9.23. The van der Waals surface area contributed by atoms with Crippen molar-refractivity contribution in [3.05, 3.63) is 23.5 Å². The quantitative estimate of drug-likeness (QED) is 0.114. The molecule has 63 heavy (non-hydrogen) atoms. The van der Waals surface area contributed by atoms with Crippen LogP contribution < -0.4 is 0 Å². The van der Waals surface area contributed by atoms with Crippen LogP contribution >= 0.6 is 0 Å². The number of ether oxygens (including phenoxy) is 4. The van der Waals surface area contributed by atoms with Gasteiger partial charge in [-0.05, 0) is 94.1 Å². The molecule has 0 aromatic carbocycles. The Morgan fingerprint density at radius 1 is 0.524 bits per heavy atom. The molecule has 13 N–H and O–H groups in total. The van der Waals surface area contributed by atoms with Crippen LogP contribution in [0.5, 0.6) is 0 Å². The van der Waals surface area contributed by atoms with Gasteiger partial charge in [0.15, 0.2) is 5.76 Å². The lowest BCUT2D eigenvalue weighted by atomic mass is 9.63. The van der Waals surface area contributed by atoms with E-state index in [0.29, 0.717) is 0 Å². The first kappa shape index (κ1) is 46.8. The molecule has 2 saturated heterocycles. The van der Waals surface area contributed by atoms with Gasteiger partial charge in [-0.25, -0.2) is 0 Å². The number of Topliss-reactive ketones (excluding diaryl/α,β-unsaturated/α-hetero) is 1. The molecular weight excluding hydrogens is 836 g/mol. The van der Waals surface area contributed by atoms with Crippen LogP contribution in [0.3, 0.4) is 0 Å². The van der Waals surface area contributed by atoms with Gasteiger partial charge in [0.25, 0.3) is 0 Å². The van der Waals surface area contributed by atoms with Crippen molar-refractivity contribution in [1.82, 2.24) is 0 Å². The summed E-state index contributed by atoms with van der Waals surface area (Å²) in [4.78, 5) is 41.8. The van der Waals surface area contributed by atoms with E-state index in [4.69, 9.17) is 18.9 Å². The van der Waals surface area contributed by atoms with Crippen LogP contribution in [-0.2, 0) is 33.3 Å². The summed E-state index contributed by atoms with van der Waals surface area (Å²) in [6.07, 6.45) is -20.9. The maximum Gasteiger partial charge on any atom is 0.309 e. The van der Waals surface area contributed by atoms with Crippen LogP contribution in [-0.4, -0.2) is 194 Å². The Hall–Kier alpha value is -2.67. The Kier molecular flexibility index (Phi) is 13.8. The number of aliphatic hydroxyl groups is 13. The van der Waals surface area contributed by atoms with Gasteiger partial charge in [-0.3, -0.25) is 14.4 Å². The Balaban J connectivity index is 1.15. The first-order chi connectivity index (χ1) is 29.8. The molecule has 20 heteroatoms. The third-order valence-electron chi connectivity index (χ3n) is 15.4. The minimum absolute atomic E-state index is 0.00492. The normalized spacial score (nSPS) is 51.6. The minimum Gasteiger partial charge on any atom is -0.504 e. The van der Waals surface area contributed by atoms with Crippen molar-refractivity contribution in [1.29, 1.82) is 0 Å². The SMILES string of the molecule is O=C(O[C@@H]1CC2C(O)CC(O)CC2O[C@@H]1C1CC(O)C(O)C2C(=O)C(O)=CC([C@@H]3OC4CC(O)CC(O)C4C[C@H]3OC(=O)C3CC(O)C(O)C(O)C3)=CC21)C1CC(O)C(O)C(O)C1. The summed E-state index contributed by atoms with van der Waals surface area (Å²) < 4.78 is 25.3. The second-order valence-electron chi connectivity index (χ2n) is 19.6. The number of hydrogen-bond donors (Lipinski definition) is 13. The van der Waals surface area contributed by atoms with E-state index in [-0.39, 0.29) is 76.2 Å². The van der Waals surface area contributed by atoms with Crippen LogP contribution in [0.1, 0.15) is 70.6 Å². The average molecular weight is 899 g/mol. The summed E-state index contributed by atoms with van der Waals surface area (Å²) in [5.41, 5.74) is 0.0846. The van der Waals surface area contributed by atoms with E-state index in [1.54, 1.807) is 0 Å². The van der Waals surface area contributed by atoms with Crippen LogP contribution in [0.15, 0.2) is 23.5 Å². The van der Waals surface area contributed by atoms with Crippen molar-refractivity contribution in [2.75, 3.05) is 0 Å². The van der Waals surface area contributed by atoms with E-state index < -0.39 is 175 Å². The number of hydrogen-bond acceptors (Lipinski definition) is 20. The summed E-state index contributed by atoms with van der Waals surface area (Å²) in [7, 11) is 0. The van der Waals surface area contributed by atoms with Crippen LogP contribution in [0.4, 0.5) is 0 Å². The molecule has 6 aliphatic carbocycles. The zero-order valence-corrected chi connectivity index (χ0v) is 34.5. The molecule has 0 spiro atoms. The lowest BCUT2D eigenvalue weighted by molar-refractivity contribution is -0.235. The van der Waals surface area contributed by atoms with Crippen LogP contribution in [0.25, 0.3) is 0 Å². The van der Waals surface area contributed by atoms with E-state index in [1.807, 2.05) is 0 Å². The molecule has 17 unspecified atom stereocenters. The number of ketones is 1. The van der Waals surface area contributed by atoms with Gasteiger partial charge in [-0.2, -0.15) is 0 Å². The van der Waals surface area contributed by atoms with Gasteiger partial charge in [-0.1, -0.05) is 6.08 Å². The largest absolute Gasteiger partial charge is 0.504 e. The van der Waals surface area contributed by atoms with Gasteiger partial charge in [0.2, 0.25) is 5.78 Å². The molecule has 0 aromatic rings. The highest BCUT2D eigenvalue weighted by Crippen LogP contribution is 2.50. The molecule has 0 amide bonds. The molecule has 8 rings (SSSR count). The minimum atomic E-state index is -1.73. The number of carbonyl (C=O) groups is 3. The maximum absolute atomic E-state index is 14.2. The molecule has 354 valence electrons. The summed E-state index contributed by atoms with van der Waals surface area (Å²) in [5, 5.41) is 139. The van der Waals surface area contributed by atoms with Gasteiger partial charge in [0, 0.05) is 11.8 Å². The summed E-state index contributed by atoms with van der Waals surface area (Å²) >= 11 is 0. The van der Waals surface area contributed by atoms with Crippen molar-refractivity contribution in [3.63, 3.8) is 0 Å². The van der Waals surface area contributed by atoms with Gasteiger partial charge in [-0.15, -0.1) is 0 Å². The number of fused-ring (bicyclic) bond motifs is 3. The Bertz CT molecular complexity index is 1730. The van der Waals surface area contributed by atoms with Crippen molar-refractivity contribution < 1.29 is 99.7 Å². The van der Waals surface area contributed by atoms with Crippen LogP contribution in [0.2, 0.25) is 0 Å². The molecule has 2 heterocycles. The van der Waals surface area contributed by atoms with E-state index in [0.717, 1.165) is 6.08 Å². The molecule has 0 aromatic heterocycles. The Morgan fingerprint density at radius 3 is 1.51 bits per heavy atom. The molecule has 0 bridgehead atoms. The average Bonchev–Trinajstić information content (AvgIpc) is 3.35. The highest BCUT2D eigenvalue weighted by Gasteiger charge is 2.57. The van der Waals surface area contributed by atoms with E-state index in [1.165, 1.54) is 6.08 Å². The molecule has 8 aliphatic rings. The first-order valence-corrected chi connectivity index (χ1v) is 22.3. The zero-order valence-electron chi connectivity index (χ0n) is 34.5. The number of aliphatic hydroxyl groups excluding tert-OH is 13. The van der Waals surface area contributed by atoms with Gasteiger partial charge in [0.1, 0.15) is 30.5 Å². The van der Waals surface area contributed by atoms with E-state index in [2.05, 4.69) is 0 Å². The van der Waals surface area contributed by atoms with Crippen molar-refractivity contribution in [2.24, 2.45) is 41.4 Å². The fourth-order valence-corrected chi connectivity index (χ4v) is 12.0. The van der Waals surface area contributed by atoms with Crippen molar-refractivity contribution in [3.8, 4) is 0 Å². The second-order valence-corrected chi connectivity index (χ2v) is 19.6. The monoisotopic (exact) mass is 898 g/mol. The lowest BCUT2D eigenvalue weighted by Crippen LogP contribution is -2.60. The van der Waals surface area contributed by atoms with Crippen molar-refractivity contribution in [2.45, 2.75) is 181 Å². The molecule has 5 saturated carbocycles. The topological polar surface area (TPSA) is 351 Å². The standard InChI is InChI=1S/C43H62O20/c44-17-7-23(46)21-12-33(62-42(58)15-3-25(48)36(54)26(49)4-15)40(60-31(21)9-17)14-1-19-20(11-30(53)39(57)35(19)38(56)29(52)2-14)41-34(13-22-24(47)8-18(45)10-32(22)61-41)63-43(59)16-5-27(50)37(55)28(51)6-16/h1-2,15-28,30-37,39-41,44-55,57H,3-13H2/t15?,16?,17?,18?,19?,20?,21?,22?,23?,24?,25?,26?,27?,28?,30?,31?,32?,33-,34-,35?,36?,37?,39?,40+,41-/m1/s1. The Morgan fingerprint density at radius 2 is 0.984 bits per heavy atom. The second kappa shape index (κ2) is 18.5. The highest BCUT2D eigenvalue weighted by atomic mass is 16.6. The predicted molar refractivity (Wildman–Crippen MR) is 208 cm³/mol. The maximum atomic E-state index is 14.2. The molecular formula is C43H62O20. The zero-order chi connectivity index (χ0) is 45.3. The molecule has 21 atom stereocenters. The fraction of sp³-hybridized carbons (Fsp3) is 0.837. The number of esters is 2. The highest BCUT2D eigenvalue weighted by molar-refractivity contribution is 5.97. The van der Waals surface area contributed by atoms with Gasteiger partial charge < -0.3 is 85.3 Å². The molecule has 2 aliphatic heterocycles. The van der Waals surface area contributed by atoms with Crippen LogP contribution in [0, 0.1) is 41.4 Å². The predicted octanol–water partition coefficient (Wildman–Crippen LogP) is -3.70. The summed E-state index contributed by atoms with van der Waals surface area (Å²) in [6.45, 7) is 0. The molecule has 7 fully saturated rings. The lowest BCUT2D eigenvalue weighted by Gasteiger charge is -2.52. The number of rotatable bonds is 6. The summed E-state index contributed by atoms with van der Waals surface area (Å²) in [5.74, 6) is -10.5. The van der Waals surface area contributed by atoms with E-state index in [9.17, 15) is 80.8 Å². The molecule has 20 nitrogen and oxygen atoms in total. The smallest absolute Gasteiger partial charge is 0.309 e. The molecule has 0 radical (unpaired) electrons. The van der Waals surface area contributed by atoms with E-state index >= 15 is 0 Å². The number of allylic oxidation sites excluding steroid dienone is 2. The Labute approximate surface area is 362 Å². The fourth-order valence-electron chi connectivity index (χ4n) is 12.0. The number of carbonyl (C=O) groups excluding carboxylic acids is 3. The van der Waals surface area contributed by atoms with Crippen molar-refractivity contribution >= 4 is 17.7 Å². The summed E-state index contributed by atoms with van der Waals surface area (Å²) in [6, 6.07) is 0. The first-order valence-electron chi connectivity index (χ1n) is 22.3. The van der Waals surface area contributed by atoms with Gasteiger partial charge in [0.05, 0.1) is 97.1 Å².